The van der Waals surface area contributed by atoms with E-state index < -0.39 is 0 Å². The van der Waals surface area contributed by atoms with Crippen LogP contribution in [0.4, 0.5) is 11.4 Å². The third kappa shape index (κ3) is 4.27. The first-order chi connectivity index (χ1) is 15.1. The van der Waals surface area contributed by atoms with Gasteiger partial charge in [0.2, 0.25) is 0 Å². The summed E-state index contributed by atoms with van der Waals surface area (Å²) in [6.45, 7) is 2.05. The quantitative estimate of drug-likeness (QED) is 0.589. The van der Waals surface area contributed by atoms with E-state index in [1.807, 2.05) is 36.4 Å². The van der Waals surface area contributed by atoms with Gasteiger partial charge in [-0.3, -0.25) is 14.5 Å². The predicted octanol–water partition coefficient (Wildman–Crippen LogP) is 5.08. The van der Waals surface area contributed by atoms with Crippen LogP contribution < -0.4 is 15.0 Å². The van der Waals surface area contributed by atoms with Gasteiger partial charge in [0, 0.05) is 21.0 Å². The second kappa shape index (κ2) is 8.99. The summed E-state index contributed by atoms with van der Waals surface area (Å²) in [5, 5.41) is 2.93. The van der Waals surface area contributed by atoms with Crippen molar-refractivity contribution in [2.45, 2.75) is 16.7 Å². The third-order valence-corrected chi connectivity index (χ3v) is 5.96. The molecule has 0 saturated heterocycles. The van der Waals surface area contributed by atoms with Crippen molar-refractivity contribution in [3.63, 3.8) is 0 Å². The van der Waals surface area contributed by atoms with Crippen molar-refractivity contribution in [2.75, 3.05) is 23.9 Å². The molecule has 154 valence electrons. The summed E-state index contributed by atoms with van der Waals surface area (Å²) in [7, 11) is 1.56. The van der Waals surface area contributed by atoms with Gasteiger partial charge in [0.25, 0.3) is 11.8 Å². The number of benzene rings is 3. The summed E-state index contributed by atoms with van der Waals surface area (Å²) in [5.74, 6) is 6.15. The normalized spacial score (nSPS) is 12.1. The van der Waals surface area contributed by atoms with Crippen LogP contribution in [0.3, 0.4) is 0 Å². The number of hydrogen-bond donors (Lipinski definition) is 1. The summed E-state index contributed by atoms with van der Waals surface area (Å²) in [6, 6.07) is 20.0. The van der Waals surface area contributed by atoms with E-state index in [2.05, 4.69) is 17.2 Å². The number of hydrogen-bond acceptors (Lipinski definition) is 4. The van der Waals surface area contributed by atoms with Crippen LogP contribution >= 0.6 is 11.8 Å². The highest BCUT2D eigenvalue weighted by atomic mass is 32.2. The molecule has 3 aromatic carbocycles. The van der Waals surface area contributed by atoms with Gasteiger partial charge in [-0.1, -0.05) is 35.9 Å². The monoisotopic (exact) mass is 428 g/mol. The lowest BCUT2D eigenvalue weighted by Gasteiger charge is -2.21. The average molecular weight is 429 g/mol. The lowest BCUT2D eigenvalue weighted by molar-refractivity contribution is 0.0985. The Morgan fingerprint density at radius 3 is 2.71 bits per heavy atom. The van der Waals surface area contributed by atoms with Gasteiger partial charge in [0.15, 0.2) is 0 Å². The van der Waals surface area contributed by atoms with Crippen molar-refractivity contribution in [3.05, 3.63) is 77.9 Å². The molecular formula is C25H20N2O3S. The topological polar surface area (TPSA) is 58.6 Å². The number of nitrogens with zero attached hydrogens (tertiary/aromatic N) is 1. The van der Waals surface area contributed by atoms with Gasteiger partial charge < -0.3 is 10.1 Å². The molecular weight excluding hydrogens is 408 g/mol. The predicted molar refractivity (Wildman–Crippen MR) is 123 cm³/mol. The number of nitrogens with one attached hydrogen (secondary N) is 1. The highest BCUT2D eigenvalue weighted by Crippen LogP contribution is 2.42. The number of anilines is 2. The van der Waals surface area contributed by atoms with Crippen LogP contribution in [0.2, 0.25) is 0 Å². The fourth-order valence-corrected chi connectivity index (χ4v) is 4.40. The first kappa shape index (κ1) is 20.6. The molecule has 0 fully saturated rings. The Labute approximate surface area is 185 Å². The van der Waals surface area contributed by atoms with E-state index in [1.54, 1.807) is 49.3 Å². The molecule has 0 unspecified atom stereocenters. The van der Waals surface area contributed by atoms with Crippen LogP contribution in [0, 0.1) is 11.8 Å². The van der Waals surface area contributed by atoms with Gasteiger partial charge in [-0.25, -0.2) is 0 Å². The minimum Gasteiger partial charge on any atom is -0.497 e. The van der Waals surface area contributed by atoms with Gasteiger partial charge in [-0.05, 0) is 55.5 Å². The molecule has 0 aliphatic carbocycles. The second-order valence-electron chi connectivity index (χ2n) is 6.78. The zero-order valence-electron chi connectivity index (χ0n) is 17.1. The zero-order chi connectivity index (χ0) is 21.8. The van der Waals surface area contributed by atoms with Gasteiger partial charge in [-0.15, -0.1) is 5.92 Å². The number of carbonyl (C=O) groups is 2. The number of carbonyl (C=O) groups excluding carboxylic acids is 2. The zero-order valence-corrected chi connectivity index (χ0v) is 18.0. The van der Waals surface area contributed by atoms with Crippen LogP contribution in [-0.2, 0) is 0 Å². The Morgan fingerprint density at radius 1 is 1.06 bits per heavy atom. The van der Waals surface area contributed by atoms with Gasteiger partial charge in [-0.2, -0.15) is 0 Å². The van der Waals surface area contributed by atoms with Crippen molar-refractivity contribution in [3.8, 4) is 17.6 Å². The summed E-state index contributed by atoms with van der Waals surface area (Å²) >= 11 is 1.51. The molecule has 0 spiro atoms. The number of amides is 2. The Morgan fingerprint density at radius 2 is 1.90 bits per heavy atom. The van der Waals surface area contributed by atoms with Gasteiger partial charge in [0.05, 0.1) is 24.9 Å². The molecule has 31 heavy (non-hydrogen) atoms. The summed E-state index contributed by atoms with van der Waals surface area (Å²) in [5.41, 5.74) is 2.56. The van der Waals surface area contributed by atoms with E-state index in [4.69, 9.17) is 4.74 Å². The molecule has 1 aliphatic rings. The molecule has 0 atom stereocenters. The van der Waals surface area contributed by atoms with Gasteiger partial charge >= 0.3 is 0 Å². The third-order valence-electron chi connectivity index (χ3n) is 4.84. The molecule has 1 heterocycles. The van der Waals surface area contributed by atoms with Crippen molar-refractivity contribution in [1.29, 1.82) is 0 Å². The van der Waals surface area contributed by atoms with Crippen molar-refractivity contribution < 1.29 is 14.3 Å². The van der Waals surface area contributed by atoms with E-state index in [0.29, 0.717) is 29.1 Å². The summed E-state index contributed by atoms with van der Waals surface area (Å²) < 4.78 is 5.20. The van der Waals surface area contributed by atoms with Crippen LogP contribution in [0.25, 0.3) is 0 Å². The summed E-state index contributed by atoms with van der Waals surface area (Å²) in [4.78, 5) is 29.3. The maximum atomic E-state index is 13.2. The fourth-order valence-electron chi connectivity index (χ4n) is 3.28. The van der Waals surface area contributed by atoms with Crippen molar-refractivity contribution in [2.24, 2.45) is 0 Å². The largest absolute Gasteiger partial charge is 0.497 e. The van der Waals surface area contributed by atoms with E-state index >= 15 is 0 Å². The van der Waals surface area contributed by atoms with Gasteiger partial charge in [0.1, 0.15) is 5.75 Å². The highest BCUT2D eigenvalue weighted by molar-refractivity contribution is 7.99. The van der Waals surface area contributed by atoms with E-state index in [9.17, 15) is 9.59 Å². The minimum absolute atomic E-state index is 0.0854. The Kier molecular flexibility index (Phi) is 5.96. The van der Waals surface area contributed by atoms with E-state index in [0.717, 1.165) is 15.5 Å². The molecule has 1 aliphatic heterocycles. The Bertz CT molecular complexity index is 1230. The number of rotatable bonds is 4. The average Bonchev–Trinajstić information content (AvgIpc) is 2.91. The SMILES string of the molecule is CC#CCN1C(=O)c2ccccc2Sc2cc(NC(=O)c3cccc(OC)c3)ccc21. The fraction of sp³-hybridized carbons (Fsp3) is 0.120. The maximum Gasteiger partial charge on any atom is 0.260 e. The second-order valence-corrected chi connectivity index (χ2v) is 7.87. The Balaban J connectivity index is 1.69. The maximum absolute atomic E-state index is 13.2. The van der Waals surface area contributed by atoms with E-state index in [1.165, 1.54) is 11.8 Å². The molecule has 0 radical (unpaired) electrons. The lowest BCUT2D eigenvalue weighted by atomic mass is 10.1. The minimum atomic E-state index is -0.234. The molecule has 6 heteroatoms. The van der Waals surface area contributed by atoms with E-state index in [-0.39, 0.29) is 11.8 Å². The standard InChI is InChI=1S/C25H20N2O3S/c1-3-4-14-27-21-13-12-18(26-24(28)17-8-7-9-19(15-17)30-2)16-23(21)31-22-11-6-5-10-20(22)25(27)29/h5-13,15-16H,14H2,1-2H3,(H,26,28). The molecule has 0 aromatic heterocycles. The van der Waals surface area contributed by atoms with Crippen LogP contribution in [0.15, 0.2) is 76.5 Å². The first-order valence-corrected chi connectivity index (χ1v) is 10.5. The lowest BCUT2D eigenvalue weighted by Crippen LogP contribution is -2.31. The molecule has 5 nitrogen and oxygen atoms in total. The number of methoxy groups -OCH3 is 1. The van der Waals surface area contributed by atoms with Crippen LogP contribution in [0.1, 0.15) is 27.6 Å². The molecule has 4 rings (SSSR count). The Hall–Kier alpha value is -3.69. The molecule has 0 saturated carbocycles. The van der Waals surface area contributed by atoms with Crippen molar-refractivity contribution in [1.82, 2.24) is 0 Å². The highest BCUT2D eigenvalue weighted by Gasteiger charge is 2.27. The first-order valence-electron chi connectivity index (χ1n) is 9.68. The molecule has 3 aromatic rings. The summed E-state index contributed by atoms with van der Waals surface area (Å²) in [6.07, 6.45) is 0. The van der Waals surface area contributed by atoms with Crippen LogP contribution in [-0.4, -0.2) is 25.5 Å². The molecule has 2 amide bonds. The van der Waals surface area contributed by atoms with Crippen molar-refractivity contribution >= 4 is 35.0 Å². The molecule has 1 N–H and O–H groups in total. The number of ether oxygens (including phenoxy) is 1. The molecule has 0 bridgehead atoms. The smallest absolute Gasteiger partial charge is 0.260 e. The van der Waals surface area contributed by atoms with Crippen LogP contribution in [0.5, 0.6) is 5.75 Å². The number of fused-ring (bicyclic) bond motifs is 2.